The molecule has 2 rings (SSSR count). The summed E-state index contributed by atoms with van der Waals surface area (Å²) < 4.78 is 1.68. The average Bonchev–Trinajstić information content (AvgIpc) is 2.71. The minimum absolute atomic E-state index is 0.0101. The third-order valence-electron chi connectivity index (χ3n) is 2.59. The number of aliphatic hydroxyl groups is 2. The highest BCUT2D eigenvalue weighted by Gasteiger charge is 2.11. The summed E-state index contributed by atoms with van der Waals surface area (Å²) in [6, 6.07) is 6.37. The van der Waals surface area contributed by atoms with Gasteiger partial charge in [0.25, 0.3) is 5.69 Å². The van der Waals surface area contributed by atoms with Crippen molar-refractivity contribution in [2.45, 2.75) is 12.6 Å². The molecule has 0 spiro atoms. The van der Waals surface area contributed by atoms with Gasteiger partial charge < -0.3 is 14.8 Å². The van der Waals surface area contributed by atoms with E-state index in [9.17, 15) is 15.2 Å². The lowest BCUT2D eigenvalue weighted by Crippen LogP contribution is -2.19. The van der Waals surface area contributed by atoms with E-state index in [1.54, 1.807) is 16.8 Å². The number of fused-ring (bicyclic) bond motifs is 1. The largest absolute Gasteiger partial charge is 0.394 e. The molecule has 0 saturated heterocycles. The molecule has 6 heteroatoms. The zero-order valence-corrected chi connectivity index (χ0v) is 8.98. The Bertz CT molecular complexity index is 549. The first kappa shape index (κ1) is 11.6. The summed E-state index contributed by atoms with van der Waals surface area (Å²) >= 11 is 0. The number of nitro benzene ring substituents is 1. The molecular formula is C11H12N2O4. The predicted octanol–water partition coefficient (Wildman–Crippen LogP) is 0.903. The molecule has 0 aliphatic heterocycles. The van der Waals surface area contributed by atoms with Crippen LogP contribution in [0, 0.1) is 10.1 Å². The Kier molecular flexibility index (Phi) is 3.08. The molecular weight excluding hydrogens is 224 g/mol. The van der Waals surface area contributed by atoms with Crippen molar-refractivity contribution in [2.24, 2.45) is 0 Å². The molecule has 2 aromatic rings. The minimum atomic E-state index is -0.870. The van der Waals surface area contributed by atoms with Crippen LogP contribution in [0.4, 0.5) is 5.69 Å². The van der Waals surface area contributed by atoms with Crippen molar-refractivity contribution in [2.75, 3.05) is 6.61 Å². The van der Waals surface area contributed by atoms with Crippen molar-refractivity contribution < 1.29 is 15.1 Å². The standard InChI is InChI=1S/C11H12N2O4/c14-7-10(15)6-12-4-3-8-1-2-9(13(16)17)5-11(8)12/h1-5,10,14-15H,6-7H2. The van der Waals surface area contributed by atoms with E-state index in [4.69, 9.17) is 5.11 Å². The maximum absolute atomic E-state index is 10.7. The second-order valence-corrected chi connectivity index (χ2v) is 3.80. The maximum atomic E-state index is 10.7. The molecule has 0 aliphatic carbocycles. The van der Waals surface area contributed by atoms with Gasteiger partial charge in [0, 0.05) is 23.7 Å². The first-order valence-corrected chi connectivity index (χ1v) is 5.14. The van der Waals surface area contributed by atoms with Crippen LogP contribution in [0.5, 0.6) is 0 Å². The van der Waals surface area contributed by atoms with Crippen LogP contribution >= 0.6 is 0 Å². The summed E-state index contributed by atoms with van der Waals surface area (Å²) in [5.41, 5.74) is 0.683. The van der Waals surface area contributed by atoms with E-state index >= 15 is 0 Å². The molecule has 17 heavy (non-hydrogen) atoms. The van der Waals surface area contributed by atoms with Gasteiger partial charge in [0.05, 0.1) is 29.7 Å². The number of nitro groups is 1. The first-order chi connectivity index (χ1) is 8.11. The van der Waals surface area contributed by atoms with Gasteiger partial charge in [0.1, 0.15) is 0 Å². The first-order valence-electron chi connectivity index (χ1n) is 5.14. The summed E-state index contributed by atoms with van der Waals surface area (Å²) in [6.45, 7) is -0.129. The van der Waals surface area contributed by atoms with Gasteiger partial charge in [-0.3, -0.25) is 10.1 Å². The number of aliphatic hydroxyl groups excluding tert-OH is 2. The van der Waals surface area contributed by atoms with E-state index in [1.165, 1.54) is 12.1 Å². The highest BCUT2D eigenvalue weighted by molar-refractivity contribution is 5.82. The highest BCUT2D eigenvalue weighted by Crippen LogP contribution is 2.22. The van der Waals surface area contributed by atoms with Crippen LogP contribution in [0.3, 0.4) is 0 Å². The normalized spacial score (nSPS) is 12.8. The topological polar surface area (TPSA) is 88.5 Å². The second-order valence-electron chi connectivity index (χ2n) is 3.80. The number of non-ortho nitro benzene ring substituents is 1. The Balaban J connectivity index is 2.43. The fourth-order valence-electron chi connectivity index (χ4n) is 1.73. The van der Waals surface area contributed by atoms with Crippen LogP contribution in [0.15, 0.2) is 30.5 Å². The maximum Gasteiger partial charge on any atom is 0.271 e. The van der Waals surface area contributed by atoms with E-state index in [-0.39, 0.29) is 18.8 Å². The monoisotopic (exact) mass is 236 g/mol. The van der Waals surface area contributed by atoms with E-state index < -0.39 is 11.0 Å². The number of hydrogen-bond acceptors (Lipinski definition) is 4. The SMILES string of the molecule is O=[N+]([O-])c1ccc2ccn(CC(O)CO)c2c1. The van der Waals surface area contributed by atoms with Crippen LogP contribution in [0.1, 0.15) is 0 Å². The Hall–Kier alpha value is -1.92. The third kappa shape index (κ3) is 2.27. The molecule has 0 bridgehead atoms. The predicted molar refractivity (Wildman–Crippen MR) is 61.7 cm³/mol. The number of benzene rings is 1. The molecule has 90 valence electrons. The zero-order valence-electron chi connectivity index (χ0n) is 8.98. The fraction of sp³-hybridized carbons (Fsp3) is 0.273. The van der Waals surface area contributed by atoms with Crippen molar-refractivity contribution in [3.8, 4) is 0 Å². The lowest BCUT2D eigenvalue weighted by Gasteiger charge is -2.09. The van der Waals surface area contributed by atoms with Crippen molar-refractivity contribution in [1.82, 2.24) is 4.57 Å². The summed E-state index contributed by atoms with van der Waals surface area (Å²) in [4.78, 5) is 10.2. The Morgan fingerprint density at radius 2 is 2.18 bits per heavy atom. The molecule has 6 nitrogen and oxygen atoms in total. The number of hydrogen-bond donors (Lipinski definition) is 2. The van der Waals surface area contributed by atoms with Crippen LogP contribution < -0.4 is 0 Å². The van der Waals surface area contributed by atoms with Crippen molar-refractivity contribution in [1.29, 1.82) is 0 Å². The lowest BCUT2D eigenvalue weighted by atomic mass is 10.2. The highest BCUT2D eigenvalue weighted by atomic mass is 16.6. The third-order valence-corrected chi connectivity index (χ3v) is 2.59. The second kappa shape index (κ2) is 4.52. The number of aromatic nitrogens is 1. The van der Waals surface area contributed by atoms with Gasteiger partial charge in [-0.15, -0.1) is 0 Å². The van der Waals surface area contributed by atoms with E-state index in [0.717, 1.165) is 5.39 Å². The summed E-state index contributed by atoms with van der Waals surface area (Å²) in [6.07, 6.45) is 0.859. The van der Waals surface area contributed by atoms with Gasteiger partial charge in [-0.1, -0.05) is 0 Å². The number of rotatable bonds is 4. The Morgan fingerprint density at radius 3 is 2.82 bits per heavy atom. The smallest absolute Gasteiger partial charge is 0.271 e. The van der Waals surface area contributed by atoms with Crippen LogP contribution in [0.25, 0.3) is 10.9 Å². The summed E-state index contributed by atoms with van der Waals surface area (Å²) in [5, 5.41) is 29.7. The fourth-order valence-corrected chi connectivity index (χ4v) is 1.73. The van der Waals surface area contributed by atoms with E-state index in [1.807, 2.05) is 6.07 Å². The molecule has 0 aliphatic rings. The van der Waals surface area contributed by atoms with Gasteiger partial charge in [-0.25, -0.2) is 0 Å². The van der Waals surface area contributed by atoms with Crippen molar-refractivity contribution in [3.63, 3.8) is 0 Å². The van der Waals surface area contributed by atoms with Gasteiger partial charge in [0.2, 0.25) is 0 Å². The molecule has 1 unspecified atom stereocenters. The summed E-state index contributed by atoms with van der Waals surface area (Å²) in [5.74, 6) is 0. The van der Waals surface area contributed by atoms with Gasteiger partial charge >= 0.3 is 0 Å². The Labute approximate surface area is 96.9 Å². The summed E-state index contributed by atoms with van der Waals surface area (Å²) in [7, 11) is 0. The van der Waals surface area contributed by atoms with Gasteiger partial charge in [0.15, 0.2) is 0 Å². The van der Waals surface area contributed by atoms with Crippen molar-refractivity contribution >= 4 is 16.6 Å². The molecule has 0 saturated carbocycles. The molecule has 1 aromatic heterocycles. The van der Waals surface area contributed by atoms with Crippen LogP contribution in [0.2, 0.25) is 0 Å². The minimum Gasteiger partial charge on any atom is -0.394 e. The molecule has 2 N–H and O–H groups in total. The Morgan fingerprint density at radius 1 is 1.41 bits per heavy atom. The molecule has 0 radical (unpaired) electrons. The average molecular weight is 236 g/mol. The van der Waals surface area contributed by atoms with E-state index in [2.05, 4.69) is 0 Å². The van der Waals surface area contributed by atoms with Crippen molar-refractivity contribution in [3.05, 3.63) is 40.6 Å². The molecule has 1 aromatic carbocycles. The molecule has 1 heterocycles. The lowest BCUT2D eigenvalue weighted by molar-refractivity contribution is -0.384. The quantitative estimate of drug-likeness (QED) is 0.609. The number of nitrogens with zero attached hydrogens (tertiary/aromatic N) is 2. The molecule has 0 amide bonds. The van der Waals surface area contributed by atoms with Gasteiger partial charge in [-0.2, -0.15) is 0 Å². The van der Waals surface area contributed by atoms with E-state index in [0.29, 0.717) is 5.52 Å². The molecule has 0 fully saturated rings. The van der Waals surface area contributed by atoms with Crippen LogP contribution in [-0.2, 0) is 6.54 Å². The molecule has 1 atom stereocenters. The van der Waals surface area contributed by atoms with Crippen LogP contribution in [-0.4, -0.2) is 32.4 Å². The zero-order chi connectivity index (χ0) is 12.4. The van der Waals surface area contributed by atoms with Gasteiger partial charge in [-0.05, 0) is 12.1 Å².